The van der Waals surface area contributed by atoms with Crippen molar-refractivity contribution in [3.8, 4) is 11.5 Å². The molecule has 0 fully saturated rings. The van der Waals surface area contributed by atoms with Gasteiger partial charge in [-0.1, -0.05) is 17.4 Å². The monoisotopic (exact) mass is 287 g/mol. The van der Waals surface area contributed by atoms with Crippen molar-refractivity contribution in [2.24, 2.45) is 5.92 Å². The number of aromatic nitrogens is 5. The lowest BCUT2D eigenvalue weighted by atomic mass is 9.94. The Bertz CT molecular complexity index is 605. The van der Waals surface area contributed by atoms with Crippen LogP contribution in [-0.2, 0) is 6.54 Å². The van der Waals surface area contributed by atoms with Crippen LogP contribution in [0.1, 0.15) is 32.1 Å². The van der Waals surface area contributed by atoms with Crippen LogP contribution in [0.4, 0.5) is 4.39 Å². The van der Waals surface area contributed by atoms with Gasteiger partial charge in [0.2, 0.25) is 0 Å². The predicted octanol–water partition coefficient (Wildman–Crippen LogP) is 3.01. The molecule has 0 spiro atoms. The van der Waals surface area contributed by atoms with Gasteiger partial charge in [0.05, 0.1) is 18.6 Å². The minimum Gasteiger partial charge on any atom is -0.252 e. The second-order valence-corrected chi connectivity index (χ2v) is 5.40. The van der Waals surface area contributed by atoms with Crippen LogP contribution >= 0.6 is 0 Å². The van der Waals surface area contributed by atoms with E-state index < -0.39 is 5.82 Å². The van der Waals surface area contributed by atoms with E-state index in [4.69, 9.17) is 0 Å². The van der Waals surface area contributed by atoms with Gasteiger partial charge in [0.25, 0.3) is 0 Å². The number of hydrogen-bond donors (Lipinski definition) is 0. The van der Waals surface area contributed by atoms with Crippen molar-refractivity contribution in [2.45, 2.75) is 38.6 Å². The molecule has 0 N–H and O–H groups in total. The number of hydrogen-bond acceptors (Lipinski definition) is 4. The minimum absolute atomic E-state index is 0.406. The number of rotatable bonds is 3. The fourth-order valence-corrected chi connectivity index (χ4v) is 2.62. The van der Waals surface area contributed by atoms with Crippen molar-refractivity contribution >= 4 is 0 Å². The molecule has 0 amide bonds. The van der Waals surface area contributed by atoms with Gasteiger partial charge in [-0.2, -0.15) is 0 Å². The summed E-state index contributed by atoms with van der Waals surface area (Å²) in [5.74, 6) is 0.579. The molecule has 1 aliphatic carbocycles. The highest BCUT2D eigenvalue weighted by Crippen LogP contribution is 2.21. The summed E-state index contributed by atoms with van der Waals surface area (Å²) in [6.07, 6.45) is 14.6. The molecule has 0 aromatic carbocycles. The first kappa shape index (κ1) is 13.9. The van der Waals surface area contributed by atoms with Gasteiger partial charge in [-0.25, -0.2) is 14.4 Å². The van der Waals surface area contributed by atoms with E-state index in [9.17, 15) is 4.39 Å². The Hall–Kier alpha value is -2.11. The zero-order chi connectivity index (χ0) is 14.5. The highest BCUT2D eigenvalue weighted by Gasteiger charge is 2.13. The van der Waals surface area contributed by atoms with Crippen molar-refractivity contribution in [2.75, 3.05) is 0 Å². The number of allylic oxidation sites excluding steroid dienone is 2. The second-order valence-electron chi connectivity index (χ2n) is 5.40. The number of halogens is 1. The van der Waals surface area contributed by atoms with Crippen molar-refractivity contribution in [3.05, 3.63) is 36.6 Å². The summed E-state index contributed by atoms with van der Waals surface area (Å²) in [5.41, 5.74) is 0.584. The minimum atomic E-state index is -0.450. The molecule has 1 unspecified atom stereocenters. The van der Waals surface area contributed by atoms with Crippen molar-refractivity contribution in [1.82, 2.24) is 25.0 Å². The first-order valence-electron chi connectivity index (χ1n) is 7.34. The van der Waals surface area contributed by atoms with Gasteiger partial charge in [0, 0.05) is 6.54 Å². The number of nitrogens with zero attached hydrogens (tertiary/aromatic N) is 5. The Morgan fingerprint density at radius 3 is 2.81 bits per heavy atom. The summed E-state index contributed by atoms with van der Waals surface area (Å²) < 4.78 is 14.7. The first-order chi connectivity index (χ1) is 10.3. The maximum absolute atomic E-state index is 12.8. The Labute approximate surface area is 122 Å². The molecule has 5 nitrogen and oxygen atoms in total. The zero-order valence-corrected chi connectivity index (χ0v) is 11.8. The van der Waals surface area contributed by atoms with Crippen LogP contribution < -0.4 is 0 Å². The van der Waals surface area contributed by atoms with Crippen LogP contribution in [-0.4, -0.2) is 25.0 Å². The molecule has 2 heterocycles. The fraction of sp³-hybridized carbons (Fsp3) is 0.467. The maximum atomic E-state index is 12.8. The van der Waals surface area contributed by atoms with Crippen LogP contribution in [0, 0.1) is 11.7 Å². The van der Waals surface area contributed by atoms with E-state index in [-0.39, 0.29) is 0 Å². The van der Waals surface area contributed by atoms with Gasteiger partial charge in [0.15, 0.2) is 11.6 Å². The topological polar surface area (TPSA) is 56.5 Å². The van der Waals surface area contributed by atoms with Crippen molar-refractivity contribution < 1.29 is 4.39 Å². The molecular formula is C15H18FN5. The highest BCUT2D eigenvalue weighted by molar-refractivity contribution is 5.45. The SMILES string of the molecule is Fc1cnc(-c2cn(CC3CC/C=C\CCC3)nn2)nc1. The normalized spacial score (nSPS) is 20.7. The standard InChI is InChI=1S/C15H18FN5/c16-13-8-17-15(18-9-13)14-11-21(20-19-14)10-12-6-4-2-1-3-5-7-12/h1-2,8-9,11-12H,3-7,10H2/b2-1-. The molecule has 21 heavy (non-hydrogen) atoms. The van der Waals surface area contributed by atoms with Gasteiger partial charge in [0.1, 0.15) is 5.69 Å². The summed E-state index contributed by atoms with van der Waals surface area (Å²) in [7, 11) is 0. The van der Waals surface area contributed by atoms with Gasteiger partial charge in [-0.3, -0.25) is 4.68 Å². The summed E-state index contributed by atoms with van der Waals surface area (Å²) in [5, 5.41) is 8.21. The molecule has 1 aliphatic rings. The lowest BCUT2D eigenvalue weighted by molar-refractivity contribution is 0.357. The Kier molecular flexibility index (Phi) is 4.33. The van der Waals surface area contributed by atoms with Gasteiger partial charge < -0.3 is 0 Å². The van der Waals surface area contributed by atoms with E-state index in [0.717, 1.165) is 25.4 Å². The molecule has 110 valence electrons. The van der Waals surface area contributed by atoms with Crippen molar-refractivity contribution in [3.63, 3.8) is 0 Å². The van der Waals surface area contributed by atoms with Crippen LogP contribution in [0.25, 0.3) is 11.5 Å². The van der Waals surface area contributed by atoms with E-state index in [1.54, 1.807) is 0 Å². The lowest BCUT2D eigenvalue weighted by Gasteiger charge is -2.16. The largest absolute Gasteiger partial charge is 0.252 e. The molecule has 0 bridgehead atoms. The fourth-order valence-electron chi connectivity index (χ4n) is 2.62. The first-order valence-corrected chi connectivity index (χ1v) is 7.34. The Morgan fingerprint density at radius 1 is 1.14 bits per heavy atom. The van der Waals surface area contributed by atoms with E-state index >= 15 is 0 Å². The molecule has 1 atom stereocenters. The van der Waals surface area contributed by atoms with Crippen LogP contribution in [0.5, 0.6) is 0 Å². The van der Waals surface area contributed by atoms with Crippen molar-refractivity contribution in [1.29, 1.82) is 0 Å². The third-order valence-corrected chi connectivity index (χ3v) is 3.72. The van der Waals surface area contributed by atoms with Gasteiger partial charge >= 0.3 is 0 Å². The third-order valence-electron chi connectivity index (χ3n) is 3.72. The smallest absolute Gasteiger partial charge is 0.181 e. The van der Waals surface area contributed by atoms with E-state index in [1.165, 1.54) is 25.7 Å². The Balaban J connectivity index is 1.67. The maximum Gasteiger partial charge on any atom is 0.181 e. The van der Waals surface area contributed by atoms with E-state index in [0.29, 0.717) is 17.4 Å². The molecule has 3 rings (SSSR count). The molecule has 6 heteroatoms. The summed E-state index contributed by atoms with van der Waals surface area (Å²) in [6.45, 7) is 0.863. The average Bonchev–Trinajstić information content (AvgIpc) is 2.91. The van der Waals surface area contributed by atoms with E-state index in [2.05, 4.69) is 32.4 Å². The highest BCUT2D eigenvalue weighted by atomic mass is 19.1. The molecular weight excluding hydrogens is 269 g/mol. The summed E-state index contributed by atoms with van der Waals surface area (Å²) in [4.78, 5) is 7.85. The zero-order valence-electron chi connectivity index (χ0n) is 11.8. The molecule has 0 aliphatic heterocycles. The Morgan fingerprint density at radius 2 is 1.95 bits per heavy atom. The summed E-state index contributed by atoms with van der Waals surface area (Å²) >= 11 is 0. The quantitative estimate of drug-likeness (QED) is 0.814. The second kappa shape index (κ2) is 6.56. The molecule has 0 saturated carbocycles. The van der Waals surface area contributed by atoms with Crippen LogP contribution in [0.15, 0.2) is 30.7 Å². The predicted molar refractivity (Wildman–Crippen MR) is 76.7 cm³/mol. The average molecular weight is 287 g/mol. The molecule has 2 aromatic rings. The third kappa shape index (κ3) is 3.71. The molecule has 0 saturated heterocycles. The van der Waals surface area contributed by atoms with Crippen LogP contribution in [0.3, 0.4) is 0 Å². The van der Waals surface area contributed by atoms with Gasteiger partial charge in [-0.15, -0.1) is 5.10 Å². The van der Waals surface area contributed by atoms with Crippen LogP contribution in [0.2, 0.25) is 0 Å². The molecule has 0 radical (unpaired) electrons. The summed E-state index contributed by atoms with van der Waals surface area (Å²) in [6, 6.07) is 0. The van der Waals surface area contributed by atoms with Gasteiger partial charge in [-0.05, 0) is 38.0 Å². The molecule has 2 aromatic heterocycles. The lowest BCUT2D eigenvalue weighted by Crippen LogP contribution is -2.12. The van der Waals surface area contributed by atoms with E-state index in [1.807, 2.05) is 10.9 Å².